The average molecular weight is 384 g/mol. The molecule has 1 aromatic rings. The van der Waals surface area contributed by atoms with Gasteiger partial charge < -0.3 is 10.2 Å². The Morgan fingerprint density at radius 1 is 1.40 bits per heavy atom. The molecular formula is C17H22ClN3O3S. The number of nitrogens with zero attached hydrogens (tertiary/aromatic N) is 2. The standard InChI is InChI=1S/C17H22ClN3O3S/c1-11-5-7-17(8-6-11)15(23)21(16(24)19-17)10-14(22)20(2)9-12-3-4-13(18)25-12/h3-4,11H,5-10H2,1-2H3,(H,19,24). The molecule has 0 bridgehead atoms. The Morgan fingerprint density at radius 3 is 2.68 bits per heavy atom. The summed E-state index contributed by atoms with van der Waals surface area (Å²) >= 11 is 7.31. The second kappa shape index (κ2) is 6.96. The van der Waals surface area contributed by atoms with E-state index in [4.69, 9.17) is 11.6 Å². The molecule has 1 aromatic heterocycles. The fourth-order valence-electron chi connectivity index (χ4n) is 3.43. The van der Waals surface area contributed by atoms with Crippen LogP contribution in [0.3, 0.4) is 0 Å². The Morgan fingerprint density at radius 2 is 2.08 bits per heavy atom. The molecule has 25 heavy (non-hydrogen) atoms. The molecular weight excluding hydrogens is 362 g/mol. The number of hydrogen-bond donors (Lipinski definition) is 1. The van der Waals surface area contributed by atoms with Gasteiger partial charge in [-0.15, -0.1) is 11.3 Å². The number of halogens is 1. The summed E-state index contributed by atoms with van der Waals surface area (Å²) in [7, 11) is 1.66. The predicted molar refractivity (Wildman–Crippen MR) is 96.4 cm³/mol. The van der Waals surface area contributed by atoms with Crippen LogP contribution in [0.15, 0.2) is 12.1 Å². The van der Waals surface area contributed by atoms with Crippen LogP contribution in [0.5, 0.6) is 0 Å². The Hall–Kier alpha value is -1.60. The third kappa shape index (κ3) is 3.67. The fourth-order valence-corrected chi connectivity index (χ4v) is 4.57. The van der Waals surface area contributed by atoms with Gasteiger partial charge in [0.15, 0.2) is 0 Å². The first kappa shape index (κ1) is 18.2. The topological polar surface area (TPSA) is 69.7 Å². The van der Waals surface area contributed by atoms with Crippen molar-refractivity contribution in [3.05, 3.63) is 21.3 Å². The number of imide groups is 1. The Balaban J connectivity index is 1.62. The first-order valence-electron chi connectivity index (χ1n) is 8.43. The van der Waals surface area contributed by atoms with E-state index in [1.165, 1.54) is 16.2 Å². The summed E-state index contributed by atoms with van der Waals surface area (Å²) in [5.74, 6) is 0.0364. The van der Waals surface area contributed by atoms with Gasteiger partial charge >= 0.3 is 6.03 Å². The number of rotatable bonds is 4. The van der Waals surface area contributed by atoms with E-state index in [9.17, 15) is 14.4 Å². The Bertz CT molecular complexity index is 697. The van der Waals surface area contributed by atoms with Gasteiger partial charge in [-0.3, -0.25) is 14.5 Å². The summed E-state index contributed by atoms with van der Waals surface area (Å²) in [5.41, 5.74) is -0.802. The third-order valence-corrected chi connectivity index (χ3v) is 6.33. The zero-order chi connectivity index (χ0) is 18.2. The number of likely N-dealkylation sites (N-methyl/N-ethyl adjacent to an activating group) is 1. The minimum atomic E-state index is -0.802. The summed E-state index contributed by atoms with van der Waals surface area (Å²) < 4.78 is 0.665. The molecule has 136 valence electrons. The number of carbonyl (C=O) groups excluding carboxylic acids is 3. The van der Waals surface area contributed by atoms with Crippen LogP contribution in [0, 0.1) is 5.92 Å². The first-order valence-corrected chi connectivity index (χ1v) is 9.62. The van der Waals surface area contributed by atoms with Crippen molar-refractivity contribution in [1.82, 2.24) is 15.1 Å². The summed E-state index contributed by atoms with van der Waals surface area (Å²) in [4.78, 5) is 41.0. The molecule has 8 heteroatoms. The molecule has 1 saturated heterocycles. The number of carbonyl (C=O) groups is 3. The van der Waals surface area contributed by atoms with Crippen molar-refractivity contribution in [3.63, 3.8) is 0 Å². The zero-order valence-electron chi connectivity index (χ0n) is 14.4. The van der Waals surface area contributed by atoms with Crippen LogP contribution in [0.25, 0.3) is 0 Å². The van der Waals surface area contributed by atoms with Crippen LogP contribution in [0.4, 0.5) is 4.79 Å². The maximum absolute atomic E-state index is 12.8. The van der Waals surface area contributed by atoms with Gasteiger partial charge in [-0.2, -0.15) is 0 Å². The monoisotopic (exact) mass is 383 g/mol. The van der Waals surface area contributed by atoms with Gasteiger partial charge in [0.25, 0.3) is 5.91 Å². The highest BCUT2D eigenvalue weighted by Crippen LogP contribution is 2.36. The van der Waals surface area contributed by atoms with Gasteiger partial charge in [-0.1, -0.05) is 18.5 Å². The van der Waals surface area contributed by atoms with E-state index in [-0.39, 0.29) is 18.4 Å². The lowest BCUT2D eigenvalue weighted by Gasteiger charge is -2.33. The van der Waals surface area contributed by atoms with Crippen molar-refractivity contribution in [2.75, 3.05) is 13.6 Å². The number of thiophene rings is 1. The van der Waals surface area contributed by atoms with Crippen LogP contribution >= 0.6 is 22.9 Å². The summed E-state index contributed by atoms with van der Waals surface area (Å²) in [5, 5.41) is 2.84. The smallest absolute Gasteiger partial charge is 0.325 e. The minimum absolute atomic E-state index is 0.225. The van der Waals surface area contributed by atoms with E-state index >= 15 is 0 Å². The van der Waals surface area contributed by atoms with Gasteiger partial charge in [-0.25, -0.2) is 4.79 Å². The molecule has 1 aliphatic heterocycles. The molecule has 1 N–H and O–H groups in total. The van der Waals surface area contributed by atoms with Gasteiger partial charge in [0.05, 0.1) is 10.9 Å². The lowest BCUT2D eigenvalue weighted by molar-refractivity contribution is -0.139. The van der Waals surface area contributed by atoms with E-state index in [1.54, 1.807) is 13.1 Å². The Labute approximate surface area is 156 Å². The zero-order valence-corrected chi connectivity index (χ0v) is 16.0. The van der Waals surface area contributed by atoms with E-state index in [0.717, 1.165) is 22.6 Å². The number of nitrogens with one attached hydrogen (secondary N) is 1. The van der Waals surface area contributed by atoms with Crippen molar-refractivity contribution in [1.29, 1.82) is 0 Å². The average Bonchev–Trinajstić information content (AvgIpc) is 3.07. The SMILES string of the molecule is CC1CCC2(CC1)NC(=O)N(CC(=O)N(C)Cc1ccc(Cl)s1)C2=O. The van der Waals surface area contributed by atoms with Crippen molar-refractivity contribution < 1.29 is 14.4 Å². The molecule has 0 atom stereocenters. The highest BCUT2D eigenvalue weighted by Gasteiger charge is 2.52. The molecule has 2 aliphatic rings. The molecule has 0 aromatic carbocycles. The molecule has 2 heterocycles. The molecule has 0 radical (unpaired) electrons. The van der Waals surface area contributed by atoms with E-state index in [0.29, 0.717) is 29.6 Å². The second-order valence-corrected chi connectivity index (χ2v) is 8.84. The Kier molecular flexibility index (Phi) is 5.06. The summed E-state index contributed by atoms with van der Waals surface area (Å²) in [6.07, 6.45) is 3.11. The highest BCUT2D eigenvalue weighted by molar-refractivity contribution is 7.16. The lowest BCUT2D eigenvalue weighted by Crippen LogP contribution is -2.49. The lowest BCUT2D eigenvalue weighted by atomic mass is 9.77. The number of hydrogen-bond acceptors (Lipinski definition) is 4. The molecule has 0 unspecified atom stereocenters. The molecule has 1 saturated carbocycles. The van der Waals surface area contributed by atoms with Crippen molar-refractivity contribution in [3.8, 4) is 0 Å². The summed E-state index contributed by atoms with van der Waals surface area (Å²) in [6.45, 7) is 2.33. The maximum Gasteiger partial charge on any atom is 0.325 e. The molecule has 4 amide bonds. The second-order valence-electron chi connectivity index (χ2n) is 7.04. The summed E-state index contributed by atoms with van der Waals surface area (Å²) in [6, 6.07) is 3.19. The third-order valence-electron chi connectivity index (χ3n) is 5.11. The molecule has 1 spiro atoms. The van der Waals surface area contributed by atoms with Gasteiger partial charge in [0, 0.05) is 11.9 Å². The maximum atomic E-state index is 12.8. The van der Waals surface area contributed by atoms with E-state index in [2.05, 4.69) is 12.2 Å². The van der Waals surface area contributed by atoms with Crippen molar-refractivity contribution in [2.24, 2.45) is 5.92 Å². The minimum Gasteiger partial charge on any atom is -0.339 e. The van der Waals surface area contributed by atoms with Crippen LogP contribution < -0.4 is 5.32 Å². The largest absolute Gasteiger partial charge is 0.339 e. The molecule has 1 aliphatic carbocycles. The molecule has 2 fully saturated rings. The van der Waals surface area contributed by atoms with Crippen LogP contribution in [0.1, 0.15) is 37.5 Å². The van der Waals surface area contributed by atoms with E-state index < -0.39 is 11.6 Å². The fraction of sp³-hybridized carbons (Fsp3) is 0.588. The molecule has 3 rings (SSSR count). The first-order chi connectivity index (χ1) is 11.8. The predicted octanol–water partition coefficient (Wildman–Crippen LogP) is 2.86. The number of urea groups is 1. The van der Waals surface area contributed by atoms with Crippen molar-refractivity contribution in [2.45, 2.75) is 44.7 Å². The van der Waals surface area contributed by atoms with Gasteiger partial charge in [0.1, 0.15) is 12.1 Å². The van der Waals surface area contributed by atoms with Crippen LogP contribution in [-0.4, -0.2) is 46.8 Å². The number of amides is 4. The van der Waals surface area contributed by atoms with Gasteiger partial charge in [0.2, 0.25) is 5.91 Å². The van der Waals surface area contributed by atoms with E-state index in [1.807, 2.05) is 6.07 Å². The quantitative estimate of drug-likeness (QED) is 0.813. The normalized spacial score (nSPS) is 26.2. The highest BCUT2D eigenvalue weighted by atomic mass is 35.5. The molecule has 6 nitrogen and oxygen atoms in total. The van der Waals surface area contributed by atoms with Crippen molar-refractivity contribution >= 4 is 40.8 Å². The van der Waals surface area contributed by atoms with Gasteiger partial charge in [-0.05, 0) is 43.7 Å². The van der Waals surface area contributed by atoms with Crippen LogP contribution in [-0.2, 0) is 16.1 Å². The van der Waals surface area contributed by atoms with Crippen LogP contribution in [0.2, 0.25) is 4.34 Å².